The van der Waals surface area contributed by atoms with Crippen molar-refractivity contribution in [3.63, 3.8) is 0 Å². The molecule has 0 fully saturated rings. The van der Waals surface area contributed by atoms with Gasteiger partial charge in [-0.1, -0.05) is 22.4 Å². The summed E-state index contributed by atoms with van der Waals surface area (Å²) in [6, 6.07) is 1.13. The van der Waals surface area contributed by atoms with E-state index in [1.165, 1.54) is 0 Å². The summed E-state index contributed by atoms with van der Waals surface area (Å²) in [4.78, 5) is 11.5. The molecule has 0 amide bonds. The van der Waals surface area contributed by atoms with Gasteiger partial charge in [-0.25, -0.2) is 0 Å². The number of carbonyl (C=O) groups is 1. The largest absolute Gasteiger partial charge is 0.465 e. The molecule has 0 atom stereocenters. The van der Waals surface area contributed by atoms with Crippen molar-refractivity contribution in [2.24, 2.45) is 0 Å². The van der Waals surface area contributed by atoms with Gasteiger partial charge >= 0.3 is 5.97 Å². The Balaban J connectivity index is 3.84. The van der Waals surface area contributed by atoms with Gasteiger partial charge in [0, 0.05) is 0 Å². The van der Waals surface area contributed by atoms with Crippen LogP contribution in [0.1, 0.15) is 26.7 Å². The van der Waals surface area contributed by atoms with Gasteiger partial charge in [-0.05, 0) is 59.0 Å². The Morgan fingerprint density at radius 1 is 1.11 bits per heavy atom. The molecular weight excluding hydrogens is 340 g/mol. The lowest BCUT2D eigenvalue weighted by molar-refractivity contribution is -0.145. The average Bonchev–Trinajstić information content (AvgIpc) is 2.11. The predicted octanol–water partition coefficient (Wildman–Crippen LogP) is 4.54. The highest BCUT2D eigenvalue weighted by atomic mass is 79.9. The van der Waals surface area contributed by atoms with Crippen LogP contribution in [0.3, 0.4) is 0 Å². The maximum atomic E-state index is 11.5. The van der Waals surface area contributed by atoms with E-state index in [4.69, 9.17) is 8.85 Å². The SMILES string of the molecule is CC(C)(Br)C(=O)OCCCC[Si](C)(C)O[Si](C)(C)C. The van der Waals surface area contributed by atoms with Gasteiger partial charge in [0.05, 0.1) is 6.61 Å². The van der Waals surface area contributed by atoms with Gasteiger partial charge in [-0.3, -0.25) is 4.79 Å². The highest BCUT2D eigenvalue weighted by Crippen LogP contribution is 2.21. The van der Waals surface area contributed by atoms with E-state index in [9.17, 15) is 4.79 Å². The van der Waals surface area contributed by atoms with E-state index in [0.29, 0.717) is 6.61 Å². The number of rotatable bonds is 8. The summed E-state index contributed by atoms with van der Waals surface area (Å²) in [5.74, 6) is -0.192. The molecule has 0 aliphatic carbocycles. The monoisotopic (exact) mass is 368 g/mol. The van der Waals surface area contributed by atoms with Crippen LogP contribution >= 0.6 is 15.9 Å². The zero-order chi connectivity index (χ0) is 15.3. The van der Waals surface area contributed by atoms with Crippen LogP contribution in [0.25, 0.3) is 0 Å². The maximum absolute atomic E-state index is 11.5. The van der Waals surface area contributed by atoms with E-state index >= 15 is 0 Å². The second-order valence-electron chi connectivity index (χ2n) is 7.04. The first-order valence-electron chi connectivity index (χ1n) is 6.90. The van der Waals surface area contributed by atoms with Crippen LogP contribution in [-0.2, 0) is 13.6 Å². The number of hydrogen-bond acceptors (Lipinski definition) is 3. The minimum Gasteiger partial charge on any atom is -0.465 e. The molecule has 0 N–H and O–H groups in total. The van der Waals surface area contributed by atoms with Crippen molar-refractivity contribution in [1.82, 2.24) is 0 Å². The van der Waals surface area contributed by atoms with Crippen molar-refractivity contribution in [1.29, 1.82) is 0 Å². The minimum atomic E-state index is -1.54. The summed E-state index contributed by atoms with van der Waals surface area (Å²) < 4.78 is 10.9. The second kappa shape index (κ2) is 7.38. The molecule has 3 nitrogen and oxygen atoms in total. The zero-order valence-corrected chi connectivity index (χ0v) is 17.0. The van der Waals surface area contributed by atoms with Gasteiger partial charge in [0.15, 0.2) is 16.6 Å². The molecule has 0 spiro atoms. The molecule has 0 aromatic heterocycles. The molecule has 0 saturated heterocycles. The van der Waals surface area contributed by atoms with E-state index in [1.807, 2.05) is 0 Å². The summed E-state index contributed by atoms with van der Waals surface area (Å²) in [5, 5.41) is 0. The third-order valence-electron chi connectivity index (χ3n) is 2.47. The standard InChI is InChI=1S/C13H29BrO3Si2/c1-13(2,14)12(15)16-10-8-9-11-19(6,7)17-18(3,4)5/h8-11H2,1-7H3. The number of unbranched alkanes of at least 4 members (excludes halogenated alkanes) is 1. The minimum absolute atomic E-state index is 0.192. The smallest absolute Gasteiger partial charge is 0.322 e. The number of alkyl halides is 1. The second-order valence-corrected chi connectivity index (χ2v) is 18.1. The first-order chi connectivity index (χ1) is 8.33. The summed E-state index contributed by atoms with van der Waals surface area (Å²) in [6.45, 7) is 15.4. The molecule has 114 valence electrons. The van der Waals surface area contributed by atoms with Crippen LogP contribution in [0.2, 0.25) is 38.8 Å². The first-order valence-corrected chi connectivity index (χ1v) is 14.2. The first kappa shape index (κ1) is 19.3. The Morgan fingerprint density at radius 3 is 2.05 bits per heavy atom. The van der Waals surface area contributed by atoms with Gasteiger partial charge in [-0.15, -0.1) is 0 Å². The molecule has 0 unspecified atom stereocenters. The zero-order valence-electron chi connectivity index (χ0n) is 13.4. The lowest BCUT2D eigenvalue weighted by Crippen LogP contribution is -2.42. The lowest BCUT2D eigenvalue weighted by atomic mass is 10.2. The van der Waals surface area contributed by atoms with Gasteiger partial charge in [0.1, 0.15) is 4.32 Å². The van der Waals surface area contributed by atoms with Crippen molar-refractivity contribution in [2.45, 2.75) is 69.8 Å². The summed E-state index contributed by atoms with van der Waals surface area (Å²) in [6.07, 6.45) is 1.99. The molecule has 0 rings (SSSR count). The Hall–Kier alpha value is 0.344. The molecule has 0 saturated carbocycles. The molecular formula is C13H29BrO3Si2. The maximum Gasteiger partial charge on any atom is 0.322 e. The van der Waals surface area contributed by atoms with Crippen molar-refractivity contribution >= 4 is 38.5 Å². The van der Waals surface area contributed by atoms with Crippen LogP contribution in [0.5, 0.6) is 0 Å². The molecule has 0 radical (unpaired) electrons. The fourth-order valence-corrected chi connectivity index (χ4v) is 10.1. The highest BCUT2D eigenvalue weighted by Gasteiger charge is 2.29. The number of ether oxygens (including phenoxy) is 1. The molecule has 0 aliphatic rings. The Kier molecular flexibility index (Phi) is 7.51. The molecule has 0 heterocycles. The number of carbonyl (C=O) groups excluding carboxylic acids is 1. The van der Waals surface area contributed by atoms with E-state index in [2.05, 4.69) is 48.7 Å². The van der Waals surface area contributed by atoms with E-state index in [0.717, 1.165) is 18.9 Å². The molecule has 0 aromatic carbocycles. The van der Waals surface area contributed by atoms with Crippen molar-refractivity contribution in [2.75, 3.05) is 6.61 Å². The number of esters is 1. The van der Waals surface area contributed by atoms with Gasteiger partial charge < -0.3 is 8.85 Å². The Morgan fingerprint density at radius 2 is 1.63 bits per heavy atom. The summed E-state index contributed by atoms with van der Waals surface area (Å²) in [7, 11) is -2.97. The fourth-order valence-electron chi connectivity index (χ4n) is 1.87. The Labute approximate surface area is 128 Å². The van der Waals surface area contributed by atoms with Gasteiger partial charge in [0.2, 0.25) is 0 Å². The molecule has 19 heavy (non-hydrogen) atoms. The van der Waals surface area contributed by atoms with E-state index in [-0.39, 0.29) is 5.97 Å². The molecule has 0 bridgehead atoms. The van der Waals surface area contributed by atoms with Gasteiger partial charge in [-0.2, -0.15) is 0 Å². The quantitative estimate of drug-likeness (QED) is 0.273. The highest BCUT2D eigenvalue weighted by molar-refractivity contribution is 9.10. The molecule has 0 aromatic rings. The predicted molar refractivity (Wildman–Crippen MR) is 89.9 cm³/mol. The topological polar surface area (TPSA) is 35.5 Å². The van der Waals surface area contributed by atoms with Crippen LogP contribution in [0.4, 0.5) is 0 Å². The van der Waals surface area contributed by atoms with Crippen molar-refractivity contribution < 1.29 is 13.6 Å². The van der Waals surface area contributed by atoms with Gasteiger partial charge in [0.25, 0.3) is 0 Å². The number of halogens is 1. The fraction of sp³-hybridized carbons (Fsp3) is 0.923. The van der Waals surface area contributed by atoms with E-state index in [1.54, 1.807) is 13.8 Å². The van der Waals surface area contributed by atoms with E-state index < -0.39 is 21.0 Å². The lowest BCUT2D eigenvalue weighted by Gasteiger charge is -2.31. The summed E-state index contributed by atoms with van der Waals surface area (Å²) >= 11 is 3.29. The van der Waals surface area contributed by atoms with Crippen molar-refractivity contribution in [3.05, 3.63) is 0 Å². The van der Waals surface area contributed by atoms with Crippen LogP contribution in [0.15, 0.2) is 0 Å². The Bertz CT molecular complexity index is 293. The number of hydrogen-bond donors (Lipinski definition) is 0. The normalized spacial score (nSPS) is 13.5. The van der Waals surface area contributed by atoms with Crippen molar-refractivity contribution in [3.8, 4) is 0 Å². The third-order valence-corrected chi connectivity index (χ3v) is 9.02. The molecule has 0 aliphatic heterocycles. The van der Waals surface area contributed by atoms with Crippen LogP contribution in [-0.4, -0.2) is 33.5 Å². The van der Waals surface area contributed by atoms with Crippen LogP contribution in [0, 0.1) is 0 Å². The average molecular weight is 369 g/mol. The third kappa shape index (κ3) is 10.8. The molecule has 6 heteroatoms. The van der Waals surface area contributed by atoms with Crippen LogP contribution < -0.4 is 0 Å². The summed E-state index contributed by atoms with van der Waals surface area (Å²) in [5.41, 5.74) is 0.